The molecule has 0 saturated heterocycles. The van der Waals surface area contributed by atoms with E-state index in [1.54, 1.807) is 0 Å². The molecule has 9 atom stereocenters. The molecule has 0 bridgehead atoms. The van der Waals surface area contributed by atoms with Crippen molar-refractivity contribution in [2.75, 3.05) is 0 Å². The van der Waals surface area contributed by atoms with Gasteiger partial charge in [-0.2, -0.15) is 0 Å². The number of carbonyl (C=O) groups is 2. The smallest absolute Gasteiger partial charge is 0.311 e. The van der Waals surface area contributed by atoms with Crippen LogP contribution in [0.5, 0.6) is 0 Å². The lowest BCUT2D eigenvalue weighted by molar-refractivity contribution is -0.187. The van der Waals surface area contributed by atoms with Gasteiger partial charge in [-0.25, -0.2) is 0 Å². The molecule has 1 N–H and O–H groups in total. The average molecular weight is 401 g/mol. The van der Waals surface area contributed by atoms with Crippen molar-refractivity contribution in [1.29, 1.82) is 0 Å². The minimum Gasteiger partial charge on any atom is -0.462 e. The molecule has 160 valence electrons. The van der Waals surface area contributed by atoms with E-state index in [2.05, 4.69) is 19.9 Å². The highest BCUT2D eigenvalue weighted by Gasteiger charge is 2.71. The normalized spacial score (nSPS) is 52.8. The van der Waals surface area contributed by atoms with Gasteiger partial charge in [-0.1, -0.05) is 26.0 Å². The Balaban J connectivity index is 1.42. The number of hydrogen-bond acceptors (Lipinski definition) is 4. The maximum Gasteiger partial charge on any atom is 0.311 e. The van der Waals surface area contributed by atoms with Gasteiger partial charge < -0.3 is 9.84 Å². The molecule has 0 aromatic heterocycles. The number of aliphatic hydroxyl groups is 1. The minimum absolute atomic E-state index is 0.148. The lowest BCUT2D eigenvalue weighted by Crippen LogP contribution is -2.61. The highest BCUT2D eigenvalue weighted by atomic mass is 16.5. The summed E-state index contributed by atoms with van der Waals surface area (Å²) in [5, 5.41) is 11.8. The van der Waals surface area contributed by atoms with Crippen molar-refractivity contribution in [3.63, 3.8) is 0 Å². The van der Waals surface area contributed by atoms with Crippen molar-refractivity contribution in [3.8, 4) is 0 Å². The van der Waals surface area contributed by atoms with Gasteiger partial charge in [0.05, 0.1) is 11.0 Å². The lowest BCUT2D eigenvalue weighted by Gasteiger charge is -2.61. The number of ether oxygens (including phenoxy) is 1. The maximum absolute atomic E-state index is 12.9. The number of hydrogen-bond donors (Lipinski definition) is 1. The topological polar surface area (TPSA) is 63.6 Å². The first-order chi connectivity index (χ1) is 13.4. The summed E-state index contributed by atoms with van der Waals surface area (Å²) in [5.74, 6) is 2.47. The summed E-state index contributed by atoms with van der Waals surface area (Å²) in [6, 6.07) is 0. The SMILES string of the molecule is CC(C)(C)C(=O)O[C@H]1CC[C@]2(C)C3CC[C@]4(C)C(=O)[C@H]5C[C@H]5C4[C@@H]3C=C[C@]2(O)C1. The zero-order valence-corrected chi connectivity index (χ0v) is 18.5. The molecule has 0 radical (unpaired) electrons. The first-order valence-corrected chi connectivity index (χ1v) is 11.6. The van der Waals surface area contributed by atoms with E-state index >= 15 is 0 Å². The number of Topliss-reactive ketones (excluding diaryl/α,β-unsaturated/α-hetero) is 1. The fraction of sp³-hybridized carbons (Fsp3) is 0.840. The molecule has 0 spiro atoms. The average Bonchev–Trinajstić information content (AvgIpc) is 3.37. The van der Waals surface area contributed by atoms with Crippen LogP contribution in [0.3, 0.4) is 0 Å². The van der Waals surface area contributed by atoms with Crippen LogP contribution in [0.1, 0.15) is 73.1 Å². The second kappa shape index (κ2) is 5.75. The van der Waals surface area contributed by atoms with Crippen molar-refractivity contribution in [3.05, 3.63) is 12.2 Å². The maximum atomic E-state index is 12.9. The third kappa shape index (κ3) is 2.53. The molecule has 2 unspecified atom stereocenters. The van der Waals surface area contributed by atoms with E-state index in [4.69, 9.17) is 4.74 Å². The van der Waals surface area contributed by atoms with Gasteiger partial charge in [0.1, 0.15) is 11.9 Å². The first kappa shape index (κ1) is 19.8. The van der Waals surface area contributed by atoms with Crippen LogP contribution in [0.2, 0.25) is 0 Å². The Kier molecular flexibility index (Phi) is 3.92. The van der Waals surface area contributed by atoms with E-state index in [1.807, 2.05) is 26.8 Å². The summed E-state index contributed by atoms with van der Waals surface area (Å²) in [7, 11) is 0. The number of ketones is 1. The van der Waals surface area contributed by atoms with Gasteiger partial charge in [0, 0.05) is 23.2 Å². The summed E-state index contributed by atoms with van der Waals surface area (Å²) < 4.78 is 5.80. The molecule has 4 fully saturated rings. The fourth-order valence-corrected chi connectivity index (χ4v) is 7.69. The van der Waals surface area contributed by atoms with Gasteiger partial charge in [0.25, 0.3) is 0 Å². The van der Waals surface area contributed by atoms with Gasteiger partial charge in [-0.3, -0.25) is 9.59 Å². The second-order valence-corrected chi connectivity index (χ2v) is 12.3. The quantitative estimate of drug-likeness (QED) is 0.526. The Labute approximate surface area is 174 Å². The van der Waals surface area contributed by atoms with Crippen LogP contribution in [0.25, 0.3) is 0 Å². The minimum atomic E-state index is -0.936. The van der Waals surface area contributed by atoms with E-state index in [0.29, 0.717) is 41.8 Å². The molecule has 4 nitrogen and oxygen atoms in total. The van der Waals surface area contributed by atoms with Gasteiger partial charge in [-0.15, -0.1) is 0 Å². The molecule has 29 heavy (non-hydrogen) atoms. The highest BCUT2D eigenvalue weighted by Crippen LogP contribution is 2.71. The van der Waals surface area contributed by atoms with Gasteiger partial charge in [0.15, 0.2) is 0 Å². The standard InChI is InChI=1S/C25H36O4/c1-22(2,3)21(27)29-14-6-10-24(5)18-8-9-23(4)19(16-12-17(16)20(23)26)15(18)7-11-25(24,28)13-14/h7,11,14-19,28H,6,8-10,12-13H2,1-5H3/t14-,15+,16+,17-,18?,19?,23-,24+,25-/m0/s1. The molecule has 5 aliphatic carbocycles. The van der Waals surface area contributed by atoms with E-state index in [9.17, 15) is 14.7 Å². The Bertz CT molecular complexity index is 793. The van der Waals surface area contributed by atoms with Crippen LogP contribution in [-0.2, 0) is 14.3 Å². The van der Waals surface area contributed by atoms with Crippen LogP contribution in [-0.4, -0.2) is 28.6 Å². The Morgan fingerprint density at radius 2 is 1.93 bits per heavy atom. The monoisotopic (exact) mass is 400 g/mol. The van der Waals surface area contributed by atoms with Crippen molar-refractivity contribution in [1.82, 2.24) is 0 Å². The molecule has 0 aromatic rings. The Morgan fingerprint density at radius 1 is 1.21 bits per heavy atom. The largest absolute Gasteiger partial charge is 0.462 e. The number of fused-ring (bicyclic) bond motifs is 7. The van der Waals surface area contributed by atoms with E-state index < -0.39 is 11.0 Å². The summed E-state index contributed by atoms with van der Waals surface area (Å²) in [6.45, 7) is 10.1. The Morgan fingerprint density at radius 3 is 2.62 bits per heavy atom. The zero-order valence-electron chi connectivity index (χ0n) is 18.5. The lowest BCUT2D eigenvalue weighted by atomic mass is 9.45. The third-order valence-corrected chi connectivity index (χ3v) is 9.60. The first-order valence-electron chi connectivity index (χ1n) is 11.6. The number of allylic oxidation sites excluding steroid dienone is 1. The van der Waals surface area contributed by atoms with Crippen molar-refractivity contribution >= 4 is 11.8 Å². The van der Waals surface area contributed by atoms with Crippen molar-refractivity contribution < 1.29 is 19.4 Å². The van der Waals surface area contributed by atoms with Crippen LogP contribution in [0.15, 0.2) is 12.2 Å². The molecular formula is C25H36O4. The molecule has 0 aromatic carbocycles. The van der Waals surface area contributed by atoms with E-state index in [1.165, 1.54) is 0 Å². The molecule has 0 amide bonds. The molecule has 5 aliphatic rings. The third-order valence-electron chi connectivity index (χ3n) is 9.60. The summed E-state index contributed by atoms with van der Waals surface area (Å²) in [4.78, 5) is 25.3. The van der Waals surface area contributed by atoms with E-state index in [-0.39, 0.29) is 22.9 Å². The number of esters is 1. The van der Waals surface area contributed by atoms with Crippen LogP contribution < -0.4 is 0 Å². The van der Waals surface area contributed by atoms with Crippen LogP contribution in [0.4, 0.5) is 0 Å². The highest BCUT2D eigenvalue weighted by molar-refractivity contribution is 5.92. The number of carbonyl (C=O) groups excluding carboxylic acids is 2. The predicted octanol–water partition coefficient (Wildman–Crippen LogP) is 4.30. The van der Waals surface area contributed by atoms with Crippen molar-refractivity contribution in [2.24, 2.45) is 45.8 Å². The summed E-state index contributed by atoms with van der Waals surface area (Å²) in [5.41, 5.74) is -1.83. The molecule has 4 saturated carbocycles. The fourth-order valence-electron chi connectivity index (χ4n) is 7.69. The Hall–Kier alpha value is -1.16. The van der Waals surface area contributed by atoms with Gasteiger partial charge >= 0.3 is 5.97 Å². The second-order valence-electron chi connectivity index (χ2n) is 12.3. The molecule has 0 heterocycles. The van der Waals surface area contributed by atoms with Crippen molar-refractivity contribution in [2.45, 2.75) is 84.8 Å². The molecule has 4 heteroatoms. The summed E-state index contributed by atoms with van der Waals surface area (Å²) >= 11 is 0. The van der Waals surface area contributed by atoms with E-state index in [0.717, 1.165) is 32.1 Å². The van der Waals surface area contributed by atoms with Gasteiger partial charge in [-0.05, 0) is 76.5 Å². The predicted molar refractivity (Wildman–Crippen MR) is 110 cm³/mol. The molecule has 0 aliphatic heterocycles. The summed E-state index contributed by atoms with van der Waals surface area (Å²) in [6.07, 6.45) is 9.27. The van der Waals surface area contributed by atoms with Crippen LogP contribution in [0, 0.1) is 45.8 Å². The zero-order chi connectivity index (χ0) is 21.0. The van der Waals surface area contributed by atoms with Gasteiger partial charge in [0.2, 0.25) is 0 Å². The number of rotatable bonds is 1. The molecular weight excluding hydrogens is 364 g/mol. The van der Waals surface area contributed by atoms with Crippen LogP contribution >= 0.6 is 0 Å². The molecule has 5 rings (SSSR count).